The Bertz CT molecular complexity index is 287. The van der Waals surface area contributed by atoms with Gasteiger partial charge in [-0.15, -0.1) is 5.10 Å². The number of hydrogen-bond acceptors (Lipinski definition) is 5. The quantitative estimate of drug-likeness (QED) is 0.706. The molecule has 1 aromatic heterocycles. The highest BCUT2D eigenvalue weighted by Crippen LogP contribution is 2.22. The van der Waals surface area contributed by atoms with Gasteiger partial charge in [0.1, 0.15) is 0 Å². The van der Waals surface area contributed by atoms with Crippen LogP contribution in [-0.4, -0.2) is 27.4 Å². The van der Waals surface area contributed by atoms with E-state index in [0.29, 0.717) is 11.9 Å². The molecule has 2 unspecified atom stereocenters. The van der Waals surface area contributed by atoms with Crippen LogP contribution in [0.4, 0.5) is 6.01 Å². The second-order valence-corrected chi connectivity index (χ2v) is 3.43. The lowest BCUT2D eigenvalue weighted by molar-refractivity contribution is 0.182. The first-order chi connectivity index (χ1) is 6.24. The molecule has 1 heterocycles. The summed E-state index contributed by atoms with van der Waals surface area (Å²) in [5.41, 5.74) is 0. The van der Waals surface area contributed by atoms with Crippen LogP contribution in [0.3, 0.4) is 0 Å². The molecule has 2 rings (SSSR count). The third-order valence-electron chi connectivity index (χ3n) is 2.26. The van der Waals surface area contributed by atoms with E-state index in [4.69, 9.17) is 4.42 Å². The fourth-order valence-electron chi connectivity index (χ4n) is 1.62. The molecule has 0 aromatic carbocycles. The van der Waals surface area contributed by atoms with E-state index in [1.165, 1.54) is 0 Å². The van der Waals surface area contributed by atoms with Crippen molar-refractivity contribution in [3.05, 3.63) is 5.89 Å². The number of nitrogens with one attached hydrogen (secondary N) is 1. The van der Waals surface area contributed by atoms with Gasteiger partial charge in [-0.05, 0) is 19.3 Å². The van der Waals surface area contributed by atoms with E-state index >= 15 is 0 Å². The van der Waals surface area contributed by atoms with Crippen molar-refractivity contribution in [1.82, 2.24) is 10.2 Å². The van der Waals surface area contributed by atoms with E-state index < -0.39 is 0 Å². The zero-order valence-corrected chi connectivity index (χ0v) is 7.53. The number of aromatic nitrogens is 2. The average molecular weight is 183 g/mol. The molecule has 1 aliphatic carbocycles. The van der Waals surface area contributed by atoms with E-state index in [2.05, 4.69) is 15.5 Å². The van der Waals surface area contributed by atoms with Crippen LogP contribution in [0, 0.1) is 6.92 Å². The largest absolute Gasteiger partial charge is 0.408 e. The SMILES string of the molecule is Cc1nnc(NC2CCC(O)C2)o1. The van der Waals surface area contributed by atoms with Gasteiger partial charge in [-0.1, -0.05) is 5.10 Å². The minimum absolute atomic E-state index is 0.179. The molecular weight excluding hydrogens is 170 g/mol. The van der Waals surface area contributed by atoms with Gasteiger partial charge >= 0.3 is 6.01 Å². The lowest BCUT2D eigenvalue weighted by Gasteiger charge is -2.08. The molecule has 0 radical (unpaired) electrons. The Kier molecular flexibility index (Phi) is 2.18. The maximum atomic E-state index is 9.28. The summed E-state index contributed by atoms with van der Waals surface area (Å²) in [6, 6.07) is 0.728. The molecule has 1 aliphatic rings. The minimum Gasteiger partial charge on any atom is -0.408 e. The Morgan fingerprint density at radius 2 is 2.31 bits per heavy atom. The molecular formula is C8H13N3O2. The normalized spacial score (nSPS) is 27.8. The topological polar surface area (TPSA) is 71.2 Å². The first kappa shape index (κ1) is 8.50. The van der Waals surface area contributed by atoms with Gasteiger partial charge in [-0.25, -0.2) is 0 Å². The third kappa shape index (κ3) is 1.98. The lowest BCUT2D eigenvalue weighted by Crippen LogP contribution is -2.16. The Morgan fingerprint density at radius 1 is 1.46 bits per heavy atom. The predicted octanol–water partition coefficient (Wildman–Crippen LogP) is 0.703. The number of rotatable bonds is 2. The van der Waals surface area contributed by atoms with Crippen molar-refractivity contribution in [1.29, 1.82) is 0 Å². The summed E-state index contributed by atoms with van der Waals surface area (Å²) >= 11 is 0. The first-order valence-corrected chi connectivity index (χ1v) is 4.49. The van der Waals surface area contributed by atoms with Crippen LogP contribution in [0.1, 0.15) is 25.2 Å². The van der Waals surface area contributed by atoms with Gasteiger partial charge in [0.2, 0.25) is 5.89 Å². The van der Waals surface area contributed by atoms with Gasteiger partial charge in [0.25, 0.3) is 0 Å². The van der Waals surface area contributed by atoms with Crippen LogP contribution >= 0.6 is 0 Å². The summed E-state index contributed by atoms with van der Waals surface area (Å²) in [5.74, 6) is 0.557. The lowest BCUT2D eigenvalue weighted by atomic mass is 10.2. The highest BCUT2D eigenvalue weighted by atomic mass is 16.4. The van der Waals surface area contributed by atoms with Gasteiger partial charge in [0, 0.05) is 13.0 Å². The van der Waals surface area contributed by atoms with E-state index in [1.54, 1.807) is 6.92 Å². The Balaban J connectivity index is 1.91. The summed E-state index contributed by atoms with van der Waals surface area (Å²) < 4.78 is 5.17. The van der Waals surface area contributed by atoms with Gasteiger partial charge < -0.3 is 14.8 Å². The van der Waals surface area contributed by atoms with E-state index in [9.17, 15) is 5.11 Å². The van der Waals surface area contributed by atoms with Crippen molar-refractivity contribution in [3.8, 4) is 0 Å². The molecule has 1 fully saturated rings. The molecule has 2 N–H and O–H groups in total. The second-order valence-electron chi connectivity index (χ2n) is 3.43. The second kappa shape index (κ2) is 3.33. The van der Waals surface area contributed by atoms with Crippen molar-refractivity contribution in [3.63, 3.8) is 0 Å². The number of hydrogen-bond donors (Lipinski definition) is 2. The Hall–Kier alpha value is -1.10. The molecule has 5 heteroatoms. The highest BCUT2D eigenvalue weighted by Gasteiger charge is 2.23. The number of aliphatic hydroxyl groups excluding tert-OH is 1. The summed E-state index contributed by atoms with van der Waals surface area (Å²) in [5, 5.41) is 19.9. The molecule has 0 aliphatic heterocycles. The van der Waals surface area contributed by atoms with Crippen molar-refractivity contribution >= 4 is 6.01 Å². The molecule has 13 heavy (non-hydrogen) atoms. The molecule has 1 saturated carbocycles. The fraction of sp³-hybridized carbons (Fsp3) is 0.750. The van der Waals surface area contributed by atoms with Crippen LogP contribution in [0.2, 0.25) is 0 Å². The maximum Gasteiger partial charge on any atom is 0.315 e. The van der Waals surface area contributed by atoms with Crippen LogP contribution in [0.5, 0.6) is 0 Å². The van der Waals surface area contributed by atoms with Gasteiger partial charge in [0.15, 0.2) is 0 Å². The van der Waals surface area contributed by atoms with E-state index in [0.717, 1.165) is 19.3 Å². The molecule has 0 bridgehead atoms. The Morgan fingerprint density at radius 3 is 2.85 bits per heavy atom. The monoisotopic (exact) mass is 183 g/mol. The summed E-state index contributed by atoms with van der Waals surface area (Å²) in [6.45, 7) is 1.75. The molecule has 5 nitrogen and oxygen atoms in total. The average Bonchev–Trinajstić information content (AvgIpc) is 2.62. The van der Waals surface area contributed by atoms with Crippen LogP contribution in [0.15, 0.2) is 4.42 Å². The molecule has 72 valence electrons. The summed E-state index contributed by atoms with van der Waals surface area (Å²) in [7, 11) is 0. The number of aryl methyl sites for hydroxylation is 1. The van der Waals surface area contributed by atoms with Crippen LogP contribution in [0.25, 0.3) is 0 Å². The number of aliphatic hydroxyl groups is 1. The third-order valence-corrected chi connectivity index (χ3v) is 2.26. The summed E-state index contributed by atoms with van der Waals surface area (Å²) in [4.78, 5) is 0. The molecule has 1 aromatic rings. The molecule has 0 spiro atoms. The van der Waals surface area contributed by atoms with E-state index in [1.807, 2.05) is 0 Å². The van der Waals surface area contributed by atoms with Gasteiger partial charge in [-0.3, -0.25) is 0 Å². The smallest absolute Gasteiger partial charge is 0.315 e. The van der Waals surface area contributed by atoms with Crippen molar-refractivity contribution in [2.45, 2.75) is 38.3 Å². The first-order valence-electron chi connectivity index (χ1n) is 4.49. The van der Waals surface area contributed by atoms with Crippen molar-refractivity contribution < 1.29 is 9.52 Å². The standard InChI is InChI=1S/C8H13N3O2/c1-5-10-11-8(13-5)9-6-2-3-7(12)4-6/h6-7,12H,2-4H2,1H3,(H,9,11). The van der Waals surface area contributed by atoms with Crippen LogP contribution in [-0.2, 0) is 0 Å². The van der Waals surface area contributed by atoms with Crippen molar-refractivity contribution in [2.75, 3.05) is 5.32 Å². The fourth-order valence-corrected chi connectivity index (χ4v) is 1.62. The maximum absolute atomic E-state index is 9.28. The summed E-state index contributed by atoms with van der Waals surface area (Å²) in [6.07, 6.45) is 2.40. The highest BCUT2D eigenvalue weighted by molar-refractivity contribution is 5.20. The number of nitrogens with zero attached hydrogens (tertiary/aromatic N) is 2. The van der Waals surface area contributed by atoms with Gasteiger partial charge in [-0.2, -0.15) is 0 Å². The number of anilines is 1. The molecule has 0 saturated heterocycles. The predicted molar refractivity (Wildman–Crippen MR) is 46.3 cm³/mol. The van der Waals surface area contributed by atoms with Gasteiger partial charge in [0.05, 0.1) is 6.10 Å². The van der Waals surface area contributed by atoms with Crippen molar-refractivity contribution in [2.24, 2.45) is 0 Å². The zero-order chi connectivity index (χ0) is 9.26. The molecule has 0 amide bonds. The minimum atomic E-state index is -0.179. The molecule has 2 atom stereocenters. The van der Waals surface area contributed by atoms with Crippen LogP contribution < -0.4 is 5.32 Å². The Labute approximate surface area is 76.2 Å². The zero-order valence-electron chi connectivity index (χ0n) is 7.53. The van der Waals surface area contributed by atoms with E-state index in [-0.39, 0.29) is 12.1 Å².